The molecule has 2 rings (SSSR count). The van der Waals surface area contributed by atoms with Crippen LogP contribution in [0, 0.1) is 6.92 Å². The van der Waals surface area contributed by atoms with Crippen LogP contribution in [0.2, 0.25) is 0 Å². The van der Waals surface area contributed by atoms with E-state index >= 15 is 0 Å². The highest BCUT2D eigenvalue weighted by Gasteiger charge is 2.08. The zero-order valence-corrected chi connectivity index (χ0v) is 11.4. The van der Waals surface area contributed by atoms with E-state index in [0.29, 0.717) is 6.54 Å². The Labute approximate surface area is 109 Å². The van der Waals surface area contributed by atoms with Crippen LogP contribution in [0.4, 0.5) is 0 Å². The Balaban J connectivity index is 2.23. The Morgan fingerprint density at radius 3 is 2.78 bits per heavy atom. The van der Waals surface area contributed by atoms with Crippen LogP contribution in [0.5, 0.6) is 0 Å². The van der Waals surface area contributed by atoms with Crippen LogP contribution in [0.25, 0.3) is 11.0 Å². The van der Waals surface area contributed by atoms with E-state index in [9.17, 15) is 0 Å². The lowest BCUT2D eigenvalue weighted by Gasteiger charge is -2.07. The molecule has 0 fully saturated rings. The molecule has 0 saturated heterocycles. The lowest BCUT2D eigenvalue weighted by Crippen LogP contribution is -2.08. The number of unbranched alkanes of at least 4 members (excludes halogenated alkanes) is 3. The number of rotatable bonds is 6. The highest BCUT2D eigenvalue weighted by Crippen LogP contribution is 2.18. The molecule has 1 heterocycles. The summed E-state index contributed by atoms with van der Waals surface area (Å²) in [6, 6.07) is 6.44. The molecule has 2 N–H and O–H groups in total. The Morgan fingerprint density at radius 1 is 1.22 bits per heavy atom. The number of fused-ring (bicyclic) bond motifs is 1. The van der Waals surface area contributed by atoms with E-state index in [1.807, 2.05) is 0 Å². The fraction of sp³-hybridized carbons (Fsp3) is 0.533. The normalized spacial score (nSPS) is 11.3. The first-order valence-corrected chi connectivity index (χ1v) is 6.92. The summed E-state index contributed by atoms with van der Waals surface area (Å²) in [5.41, 5.74) is 9.35. The molecule has 2 aromatic rings. The fourth-order valence-electron chi connectivity index (χ4n) is 2.39. The molecule has 0 radical (unpaired) electrons. The van der Waals surface area contributed by atoms with Crippen molar-refractivity contribution in [3.63, 3.8) is 0 Å². The second-order valence-electron chi connectivity index (χ2n) is 4.94. The third-order valence-electron chi connectivity index (χ3n) is 3.40. The van der Waals surface area contributed by atoms with Crippen LogP contribution in [0.3, 0.4) is 0 Å². The minimum atomic E-state index is 0.515. The maximum absolute atomic E-state index is 5.80. The zero-order valence-electron chi connectivity index (χ0n) is 11.4. The minimum Gasteiger partial charge on any atom is -0.327 e. The molecule has 0 bridgehead atoms. The van der Waals surface area contributed by atoms with Gasteiger partial charge in [0.15, 0.2) is 0 Å². The topological polar surface area (TPSA) is 43.8 Å². The Hall–Kier alpha value is -1.35. The van der Waals surface area contributed by atoms with Crippen molar-refractivity contribution in [3.8, 4) is 0 Å². The van der Waals surface area contributed by atoms with Gasteiger partial charge >= 0.3 is 0 Å². The third-order valence-corrected chi connectivity index (χ3v) is 3.40. The number of benzene rings is 1. The summed E-state index contributed by atoms with van der Waals surface area (Å²) in [7, 11) is 0. The van der Waals surface area contributed by atoms with Gasteiger partial charge in [0.2, 0.25) is 0 Å². The molecule has 0 spiro atoms. The average Bonchev–Trinajstić information content (AvgIpc) is 2.71. The predicted octanol–water partition coefficient (Wildman–Crippen LogP) is 3.38. The molecular formula is C15H23N3. The van der Waals surface area contributed by atoms with E-state index in [-0.39, 0.29) is 0 Å². The quantitative estimate of drug-likeness (QED) is 0.793. The van der Waals surface area contributed by atoms with Gasteiger partial charge in [-0.25, -0.2) is 4.98 Å². The number of nitrogens with zero attached hydrogens (tertiary/aromatic N) is 2. The van der Waals surface area contributed by atoms with Crippen molar-refractivity contribution in [2.45, 2.75) is 52.6 Å². The van der Waals surface area contributed by atoms with Crippen LogP contribution in [0.1, 0.15) is 44.0 Å². The van der Waals surface area contributed by atoms with Gasteiger partial charge in [-0.15, -0.1) is 0 Å². The highest BCUT2D eigenvalue weighted by atomic mass is 15.1. The van der Waals surface area contributed by atoms with Gasteiger partial charge < -0.3 is 10.3 Å². The number of aryl methyl sites for hydroxylation is 2. The summed E-state index contributed by atoms with van der Waals surface area (Å²) >= 11 is 0. The first-order chi connectivity index (χ1) is 8.76. The van der Waals surface area contributed by atoms with E-state index in [1.165, 1.54) is 36.8 Å². The molecule has 3 heteroatoms. The van der Waals surface area contributed by atoms with E-state index in [0.717, 1.165) is 17.9 Å². The van der Waals surface area contributed by atoms with Crippen molar-refractivity contribution in [3.05, 3.63) is 29.6 Å². The van der Waals surface area contributed by atoms with Gasteiger partial charge in [0, 0.05) is 6.54 Å². The predicted molar refractivity (Wildman–Crippen MR) is 76.5 cm³/mol. The van der Waals surface area contributed by atoms with Gasteiger partial charge in [-0.2, -0.15) is 0 Å². The molecule has 3 nitrogen and oxygen atoms in total. The summed E-state index contributed by atoms with van der Waals surface area (Å²) < 4.78 is 2.28. The summed E-state index contributed by atoms with van der Waals surface area (Å²) in [6.45, 7) is 5.89. The maximum atomic E-state index is 5.80. The van der Waals surface area contributed by atoms with Gasteiger partial charge in [0.25, 0.3) is 0 Å². The van der Waals surface area contributed by atoms with Crippen LogP contribution < -0.4 is 5.73 Å². The average molecular weight is 245 g/mol. The maximum Gasteiger partial charge on any atom is 0.123 e. The van der Waals surface area contributed by atoms with E-state index < -0.39 is 0 Å². The molecule has 0 amide bonds. The van der Waals surface area contributed by atoms with Gasteiger partial charge in [0.1, 0.15) is 5.82 Å². The monoisotopic (exact) mass is 245 g/mol. The highest BCUT2D eigenvalue weighted by molar-refractivity contribution is 5.76. The molecule has 0 unspecified atom stereocenters. The Kier molecular flexibility index (Phi) is 4.37. The zero-order chi connectivity index (χ0) is 13.0. The van der Waals surface area contributed by atoms with Gasteiger partial charge in [0.05, 0.1) is 17.6 Å². The standard InChI is InChI=1S/C15H23N3/c1-3-4-5-6-9-18-14-8-7-12(2)10-13(14)17-15(18)11-16/h7-8,10H,3-6,9,11,16H2,1-2H3. The number of hydrogen-bond donors (Lipinski definition) is 1. The molecule has 0 aliphatic heterocycles. The van der Waals surface area contributed by atoms with Crippen LogP contribution in [-0.2, 0) is 13.1 Å². The van der Waals surface area contributed by atoms with Crippen molar-refractivity contribution < 1.29 is 0 Å². The minimum absolute atomic E-state index is 0.515. The van der Waals surface area contributed by atoms with Gasteiger partial charge in [-0.05, 0) is 31.0 Å². The van der Waals surface area contributed by atoms with Crippen LogP contribution in [-0.4, -0.2) is 9.55 Å². The summed E-state index contributed by atoms with van der Waals surface area (Å²) in [6.07, 6.45) is 5.07. The van der Waals surface area contributed by atoms with E-state index in [2.05, 4.69) is 41.6 Å². The van der Waals surface area contributed by atoms with Crippen LogP contribution >= 0.6 is 0 Å². The fourth-order valence-corrected chi connectivity index (χ4v) is 2.39. The molecule has 0 atom stereocenters. The molecular weight excluding hydrogens is 222 g/mol. The lowest BCUT2D eigenvalue weighted by atomic mass is 10.2. The first kappa shape index (κ1) is 13.1. The summed E-state index contributed by atoms with van der Waals surface area (Å²) in [5, 5.41) is 0. The molecule has 1 aromatic carbocycles. The Bertz CT molecular complexity index is 514. The number of nitrogens with two attached hydrogens (primary N) is 1. The second-order valence-corrected chi connectivity index (χ2v) is 4.94. The molecule has 0 aliphatic carbocycles. The van der Waals surface area contributed by atoms with Crippen molar-refractivity contribution in [2.75, 3.05) is 0 Å². The molecule has 1 aromatic heterocycles. The third kappa shape index (κ3) is 2.72. The molecule has 0 aliphatic rings. The van der Waals surface area contributed by atoms with Crippen molar-refractivity contribution in [2.24, 2.45) is 5.73 Å². The summed E-state index contributed by atoms with van der Waals surface area (Å²) in [5.74, 6) is 1.01. The number of aromatic nitrogens is 2. The summed E-state index contributed by atoms with van der Waals surface area (Å²) in [4.78, 5) is 4.63. The van der Waals surface area contributed by atoms with Crippen molar-refractivity contribution >= 4 is 11.0 Å². The lowest BCUT2D eigenvalue weighted by molar-refractivity contribution is 0.575. The van der Waals surface area contributed by atoms with E-state index in [1.54, 1.807) is 0 Å². The molecule has 0 saturated carbocycles. The first-order valence-electron chi connectivity index (χ1n) is 6.92. The molecule has 18 heavy (non-hydrogen) atoms. The number of imidazole rings is 1. The van der Waals surface area contributed by atoms with Crippen molar-refractivity contribution in [1.29, 1.82) is 0 Å². The van der Waals surface area contributed by atoms with Crippen molar-refractivity contribution in [1.82, 2.24) is 9.55 Å². The van der Waals surface area contributed by atoms with Crippen LogP contribution in [0.15, 0.2) is 18.2 Å². The van der Waals surface area contributed by atoms with E-state index in [4.69, 9.17) is 5.73 Å². The number of hydrogen-bond acceptors (Lipinski definition) is 2. The largest absolute Gasteiger partial charge is 0.327 e. The SMILES string of the molecule is CCCCCCn1c(CN)nc2cc(C)ccc21. The molecule has 98 valence electrons. The smallest absolute Gasteiger partial charge is 0.123 e. The second kappa shape index (κ2) is 6.01. The van der Waals surface area contributed by atoms with Gasteiger partial charge in [-0.1, -0.05) is 32.3 Å². The van der Waals surface area contributed by atoms with Gasteiger partial charge in [-0.3, -0.25) is 0 Å². The Morgan fingerprint density at radius 2 is 2.06 bits per heavy atom.